The van der Waals surface area contributed by atoms with Gasteiger partial charge in [0.15, 0.2) is 0 Å². The van der Waals surface area contributed by atoms with Crippen LogP contribution in [-0.4, -0.2) is 39.3 Å². The van der Waals surface area contributed by atoms with Crippen LogP contribution < -0.4 is 4.90 Å². The van der Waals surface area contributed by atoms with E-state index in [4.69, 9.17) is 27.7 Å². The van der Waals surface area contributed by atoms with Gasteiger partial charge in [-0.25, -0.2) is 9.78 Å². The number of alkyl halides is 3. The summed E-state index contributed by atoms with van der Waals surface area (Å²) in [7, 11) is 0. The molecule has 1 N–H and O–H groups in total. The van der Waals surface area contributed by atoms with Crippen molar-refractivity contribution in [2.75, 3.05) is 18.0 Å². The van der Waals surface area contributed by atoms with Crippen LogP contribution in [-0.2, 0) is 6.18 Å². The summed E-state index contributed by atoms with van der Waals surface area (Å²) in [6, 6.07) is 5.21. The average Bonchev–Trinajstić information content (AvgIpc) is 3.79. The number of aromatic nitrogens is 3. The van der Waals surface area contributed by atoms with Gasteiger partial charge in [0, 0.05) is 53.6 Å². The zero-order valence-corrected chi connectivity index (χ0v) is 22.7. The number of aromatic carboxylic acids is 1. The molecule has 4 heterocycles. The number of hydrogen-bond acceptors (Lipinski definition) is 6. The minimum atomic E-state index is -4.71. The Balaban J connectivity index is 1.12. The molecule has 0 bridgehead atoms. The number of nitrogens with zero attached hydrogens (tertiary/aromatic N) is 4. The number of anilines is 1. The quantitative estimate of drug-likeness (QED) is 0.244. The van der Waals surface area contributed by atoms with Crippen LogP contribution in [0.3, 0.4) is 0 Å². The second-order valence-electron chi connectivity index (χ2n) is 10.8. The molecule has 12 heteroatoms. The fraction of sp³-hybridized carbons (Fsp3) is 0.310. The normalized spacial score (nSPS) is 22.1. The summed E-state index contributed by atoms with van der Waals surface area (Å²) in [6.07, 6.45) is 4.60. The smallest absolute Gasteiger partial charge is 0.417 e. The Bertz CT molecular complexity index is 1720. The zero-order valence-electron chi connectivity index (χ0n) is 21.2. The van der Waals surface area contributed by atoms with Crippen molar-refractivity contribution >= 4 is 51.8 Å². The lowest BCUT2D eigenvalue weighted by molar-refractivity contribution is -0.136. The molecule has 7 rings (SSSR count). The number of pyridine rings is 2. The van der Waals surface area contributed by atoms with E-state index in [2.05, 4.69) is 26.1 Å². The maximum atomic E-state index is 13.8. The van der Waals surface area contributed by atoms with Crippen LogP contribution in [0.5, 0.6) is 0 Å². The maximum Gasteiger partial charge on any atom is 0.417 e. The maximum absolute atomic E-state index is 13.8. The van der Waals surface area contributed by atoms with Gasteiger partial charge >= 0.3 is 12.1 Å². The Morgan fingerprint density at radius 3 is 2.44 bits per heavy atom. The molecule has 41 heavy (non-hydrogen) atoms. The van der Waals surface area contributed by atoms with Crippen LogP contribution in [0.15, 0.2) is 47.3 Å². The molecule has 1 saturated heterocycles. The molecule has 1 aliphatic heterocycles. The standard InChI is InChI=1S/C29H21Cl2F3N4O3/c30-21-9-35-10-22(31)25(21)26-16(27(41-37-26)13-1-2-13)5-4-15-18-11-38(12-19(15)18)14-3-6-23-17(7-14)20(29(32,33)34)8-24(36-23)28(39)40/h3-10,13,15,18-19H,1-2,11-12H2,(H,39,40)/b5-4+. The molecule has 2 aliphatic carbocycles. The molecule has 210 valence electrons. The second-order valence-corrected chi connectivity index (χ2v) is 11.6. The number of carbonyl (C=O) groups is 1. The van der Waals surface area contributed by atoms with Crippen molar-refractivity contribution in [3.8, 4) is 11.3 Å². The van der Waals surface area contributed by atoms with Crippen molar-refractivity contribution in [3.05, 3.63) is 75.4 Å². The lowest BCUT2D eigenvalue weighted by Gasteiger charge is -2.22. The van der Waals surface area contributed by atoms with Crippen LogP contribution in [0.2, 0.25) is 10.0 Å². The third-order valence-electron chi connectivity index (χ3n) is 8.22. The van der Waals surface area contributed by atoms with Gasteiger partial charge in [-0.1, -0.05) is 40.5 Å². The summed E-state index contributed by atoms with van der Waals surface area (Å²) in [5.74, 6) is 0.670. The summed E-state index contributed by atoms with van der Waals surface area (Å²) < 4.78 is 47.1. The number of carboxylic acid groups (broad SMARTS) is 1. The highest BCUT2D eigenvalue weighted by Crippen LogP contribution is 2.54. The monoisotopic (exact) mass is 600 g/mol. The van der Waals surface area contributed by atoms with Gasteiger partial charge in [-0.3, -0.25) is 4.98 Å². The Morgan fingerprint density at radius 2 is 1.80 bits per heavy atom. The molecule has 3 fully saturated rings. The van der Waals surface area contributed by atoms with Gasteiger partial charge in [-0.15, -0.1) is 0 Å². The summed E-state index contributed by atoms with van der Waals surface area (Å²) in [5, 5.41) is 14.2. The predicted molar refractivity (Wildman–Crippen MR) is 147 cm³/mol. The summed E-state index contributed by atoms with van der Waals surface area (Å²) in [5.41, 5.74) is 1.05. The molecule has 7 nitrogen and oxygen atoms in total. The number of halogens is 5. The molecule has 2 unspecified atom stereocenters. The van der Waals surface area contributed by atoms with Crippen molar-refractivity contribution in [2.45, 2.75) is 24.9 Å². The number of allylic oxidation sites excluding steroid dienone is 1. The van der Waals surface area contributed by atoms with E-state index in [0.29, 0.717) is 69.8 Å². The number of carboxylic acids is 1. The van der Waals surface area contributed by atoms with Gasteiger partial charge in [0.2, 0.25) is 0 Å². The van der Waals surface area contributed by atoms with Crippen LogP contribution in [0.1, 0.15) is 46.1 Å². The number of piperidine rings is 1. The summed E-state index contributed by atoms with van der Waals surface area (Å²) in [6.45, 7) is 1.39. The molecule has 0 amide bonds. The Labute approximate surface area is 241 Å². The number of benzene rings is 1. The van der Waals surface area contributed by atoms with E-state index in [0.717, 1.165) is 24.2 Å². The van der Waals surface area contributed by atoms with Crippen molar-refractivity contribution in [1.29, 1.82) is 0 Å². The zero-order chi connectivity index (χ0) is 28.6. The van der Waals surface area contributed by atoms with Crippen LogP contribution in [0, 0.1) is 17.8 Å². The van der Waals surface area contributed by atoms with Crippen LogP contribution in [0.25, 0.3) is 28.2 Å². The molecule has 0 spiro atoms. The number of hydrogen-bond donors (Lipinski definition) is 1. The molecular formula is C29H21Cl2F3N4O3. The number of fused-ring (bicyclic) bond motifs is 2. The highest BCUT2D eigenvalue weighted by Gasteiger charge is 2.54. The Kier molecular flexibility index (Phi) is 6.06. The molecule has 2 atom stereocenters. The molecule has 3 aliphatic rings. The lowest BCUT2D eigenvalue weighted by Crippen LogP contribution is -2.23. The molecule has 4 aromatic rings. The minimum Gasteiger partial charge on any atom is -0.477 e. The third-order valence-corrected chi connectivity index (χ3v) is 8.79. The summed E-state index contributed by atoms with van der Waals surface area (Å²) >= 11 is 12.8. The van der Waals surface area contributed by atoms with Gasteiger partial charge in [-0.05, 0) is 54.9 Å². The number of rotatable bonds is 6. The molecule has 3 aromatic heterocycles. The predicted octanol–water partition coefficient (Wildman–Crippen LogP) is 7.58. The third kappa shape index (κ3) is 4.63. The van der Waals surface area contributed by atoms with Gasteiger partial charge < -0.3 is 14.5 Å². The highest BCUT2D eigenvalue weighted by molar-refractivity contribution is 6.39. The van der Waals surface area contributed by atoms with Gasteiger partial charge in [0.1, 0.15) is 17.1 Å². The van der Waals surface area contributed by atoms with E-state index in [1.54, 1.807) is 6.07 Å². The van der Waals surface area contributed by atoms with Crippen molar-refractivity contribution in [1.82, 2.24) is 15.1 Å². The fourth-order valence-electron chi connectivity index (χ4n) is 5.96. The summed E-state index contributed by atoms with van der Waals surface area (Å²) in [4.78, 5) is 21.3. The van der Waals surface area contributed by atoms with E-state index in [9.17, 15) is 23.1 Å². The average molecular weight is 601 g/mol. The van der Waals surface area contributed by atoms with E-state index < -0.39 is 23.4 Å². The van der Waals surface area contributed by atoms with E-state index in [-0.39, 0.29) is 10.9 Å². The van der Waals surface area contributed by atoms with Crippen molar-refractivity contribution in [2.24, 2.45) is 17.8 Å². The SMILES string of the molecule is O=C(O)c1cc(C(F)(F)F)c2cc(N3CC4C(/C=C/c5c(-c6c(Cl)cncc6Cl)noc5C5CC5)C4C3)ccc2n1. The van der Waals surface area contributed by atoms with Crippen molar-refractivity contribution < 1.29 is 27.6 Å². The molecule has 2 saturated carbocycles. The minimum absolute atomic E-state index is 0.00321. The first kappa shape index (κ1) is 26.3. The Hall–Kier alpha value is -3.63. The van der Waals surface area contributed by atoms with E-state index >= 15 is 0 Å². The first-order valence-corrected chi connectivity index (χ1v) is 13.8. The first-order valence-electron chi connectivity index (χ1n) is 13.1. The van der Waals surface area contributed by atoms with Crippen LogP contribution in [0.4, 0.5) is 18.9 Å². The lowest BCUT2D eigenvalue weighted by atomic mass is 10.0. The molecular weight excluding hydrogens is 580 g/mol. The van der Waals surface area contributed by atoms with Crippen molar-refractivity contribution in [3.63, 3.8) is 0 Å². The van der Waals surface area contributed by atoms with Gasteiger partial charge in [0.25, 0.3) is 0 Å². The molecule has 0 radical (unpaired) electrons. The topological polar surface area (TPSA) is 92.3 Å². The van der Waals surface area contributed by atoms with Crippen LogP contribution >= 0.6 is 23.2 Å². The second kappa shape index (κ2) is 9.46. The van der Waals surface area contributed by atoms with E-state index in [1.807, 2.05) is 6.08 Å². The largest absolute Gasteiger partial charge is 0.477 e. The Morgan fingerprint density at radius 1 is 1.10 bits per heavy atom. The highest BCUT2D eigenvalue weighted by atomic mass is 35.5. The molecule has 1 aromatic carbocycles. The fourth-order valence-corrected chi connectivity index (χ4v) is 6.50. The van der Waals surface area contributed by atoms with Gasteiger partial charge in [0.05, 0.1) is 21.1 Å². The first-order chi connectivity index (χ1) is 19.6. The van der Waals surface area contributed by atoms with Gasteiger partial charge in [-0.2, -0.15) is 13.2 Å². The van der Waals surface area contributed by atoms with E-state index in [1.165, 1.54) is 24.5 Å².